The summed E-state index contributed by atoms with van der Waals surface area (Å²) < 4.78 is 5.72. The maximum absolute atomic E-state index is 5.72. The van der Waals surface area contributed by atoms with E-state index in [0.29, 0.717) is 12.2 Å². The third kappa shape index (κ3) is 5.83. The summed E-state index contributed by atoms with van der Waals surface area (Å²) in [7, 11) is 0. The van der Waals surface area contributed by atoms with Crippen LogP contribution >= 0.6 is 0 Å². The lowest BCUT2D eigenvalue weighted by Gasteiger charge is -2.35. The lowest BCUT2D eigenvalue weighted by atomic mass is 10.1. The van der Waals surface area contributed by atoms with E-state index in [1.807, 2.05) is 0 Å². The van der Waals surface area contributed by atoms with Crippen molar-refractivity contribution in [3.8, 4) is 0 Å². The second-order valence-corrected chi connectivity index (χ2v) is 6.05. The van der Waals surface area contributed by atoms with Gasteiger partial charge in [0.15, 0.2) is 0 Å². The lowest BCUT2D eigenvalue weighted by Crippen LogP contribution is -2.46. The minimum atomic E-state index is 0.242. The molecule has 0 bridgehead atoms. The molecule has 16 heavy (non-hydrogen) atoms. The normalized spacial score (nSPS) is 28.3. The van der Waals surface area contributed by atoms with Gasteiger partial charge in [0, 0.05) is 18.6 Å². The first-order valence-electron chi connectivity index (χ1n) is 6.49. The van der Waals surface area contributed by atoms with E-state index in [4.69, 9.17) is 4.74 Å². The molecule has 96 valence electrons. The summed E-state index contributed by atoms with van der Waals surface area (Å²) in [5.74, 6) is 0. The predicted molar refractivity (Wildman–Crippen MR) is 68.8 cm³/mol. The van der Waals surface area contributed by atoms with Crippen LogP contribution in [-0.4, -0.2) is 48.8 Å². The zero-order chi connectivity index (χ0) is 12.2. The molecule has 1 aliphatic heterocycles. The summed E-state index contributed by atoms with van der Waals surface area (Å²) >= 11 is 0. The number of hydrogen-bond acceptors (Lipinski definition) is 3. The van der Waals surface area contributed by atoms with Gasteiger partial charge in [0.05, 0.1) is 12.2 Å². The standard InChI is InChI=1S/C13H28N2O/c1-11-9-15(10-12(2)16-11)8-6-7-14-13(3,4)5/h11-12,14H,6-10H2,1-5H3/t11-,12+. The van der Waals surface area contributed by atoms with E-state index >= 15 is 0 Å². The van der Waals surface area contributed by atoms with Crippen LogP contribution in [0, 0.1) is 0 Å². The Labute approximate surface area is 101 Å². The Morgan fingerprint density at radius 3 is 2.25 bits per heavy atom. The number of rotatable bonds is 4. The highest BCUT2D eigenvalue weighted by Crippen LogP contribution is 2.10. The van der Waals surface area contributed by atoms with Gasteiger partial charge in [-0.05, 0) is 54.1 Å². The molecule has 1 saturated heterocycles. The van der Waals surface area contributed by atoms with Crippen molar-refractivity contribution in [1.82, 2.24) is 10.2 Å². The molecule has 1 fully saturated rings. The number of morpholine rings is 1. The maximum atomic E-state index is 5.72. The molecule has 0 unspecified atom stereocenters. The van der Waals surface area contributed by atoms with Gasteiger partial charge in [-0.15, -0.1) is 0 Å². The van der Waals surface area contributed by atoms with Gasteiger partial charge in [0.1, 0.15) is 0 Å². The average molecular weight is 228 g/mol. The van der Waals surface area contributed by atoms with E-state index in [1.54, 1.807) is 0 Å². The van der Waals surface area contributed by atoms with Crippen molar-refractivity contribution >= 4 is 0 Å². The first kappa shape index (κ1) is 13.9. The number of nitrogens with zero attached hydrogens (tertiary/aromatic N) is 1. The van der Waals surface area contributed by atoms with Gasteiger partial charge >= 0.3 is 0 Å². The Hall–Kier alpha value is -0.120. The SMILES string of the molecule is C[C@@H]1CN(CCCNC(C)(C)C)C[C@H](C)O1. The third-order valence-corrected chi connectivity index (χ3v) is 2.80. The van der Waals surface area contributed by atoms with Crippen molar-refractivity contribution in [2.24, 2.45) is 0 Å². The van der Waals surface area contributed by atoms with Crippen LogP contribution in [0.4, 0.5) is 0 Å². The van der Waals surface area contributed by atoms with E-state index < -0.39 is 0 Å². The fraction of sp³-hybridized carbons (Fsp3) is 1.00. The Morgan fingerprint density at radius 1 is 1.19 bits per heavy atom. The summed E-state index contributed by atoms with van der Waals surface area (Å²) in [6.07, 6.45) is 2.00. The fourth-order valence-electron chi connectivity index (χ4n) is 2.23. The first-order valence-corrected chi connectivity index (χ1v) is 6.49. The summed E-state index contributed by atoms with van der Waals surface area (Å²) in [5.41, 5.74) is 0.242. The van der Waals surface area contributed by atoms with Gasteiger partial charge in [-0.2, -0.15) is 0 Å². The van der Waals surface area contributed by atoms with Gasteiger partial charge in [-0.1, -0.05) is 0 Å². The van der Waals surface area contributed by atoms with Gasteiger partial charge in [-0.3, -0.25) is 4.90 Å². The lowest BCUT2D eigenvalue weighted by molar-refractivity contribution is -0.0680. The second-order valence-electron chi connectivity index (χ2n) is 6.05. The molecule has 0 amide bonds. The summed E-state index contributed by atoms with van der Waals surface area (Å²) in [5, 5.41) is 3.53. The molecule has 3 nitrogen and oxygen atoms in total. The van der Waals surface area contributed by atoms with Gasteiger partial charge < -0.3 is 10.1 Å². The van der Waals surface area contributed by atoms with Gasteiger partial charge in [0.2, 0.25) is 0 Å². The molecule has 1 rings (SSSR count). The van der Waals surface area contributed by atoms with Crippen LogP contribution in [0.5, 0.6) is 0 Å². The third-order valence-electron chi connectivity index (χ3n) is 2.80. The highest BCUT2D eigenvalue weighted by atomic mass is 16.5. The topological polar surface area (TPSA) is 24.5 Å². The van der Waals surface area contributed by atoms with Gasteiger partial charge in [0.25, 0.3) is 0 Å². The summed E-state index contributed by atoms with van der Waals surface area (Å²) in [6, 6.07) is 0. The molecule has 3 heteroatoms. The van der Waals surface area contributed by atoms with E-state index in [9.17, 15) is 0 Å². The van der Waals surface area contributed by atoms with Crippen LogP contribution in [0.3, 0.4) is 0 Å². The van der Waals surface area contributed by atoms with Crippen LogP contribution in [0.15, 0.2) is 0 Å². The molecule has 1 N–H and O–H groups in total. The van der Waals surface area contributed by atoms with Crippen LogP contribution < -0.4 is 5.32 Å². The van der Waals surface area contributed by atoms with Crippen molar-refractivity contribution < 1.29 is 4.74 Å². The molecule has 0 aromatic rings. The number of hydrogen-bond donors (Lipinski definition) is 1. The largest absolute Gasteiger partial charge is 0.373 e. The molecule has 0 spiro atoms. The molecule has 0 radical (unpaired) electrons. The second kappa shape index (κ2) is 5.99. The Bertz CT molecular complexity index is 191. The molecule has 1 heterocycles. The first-order chi connectivity index (χ1) is 7.37. The summed E-state index contributed by atoms with van der Waals surface area (Å²) in [4.78, 5) is 2.52. The van der Waals surface area contributed by atoms with E-state index in [1.165, 1.54) is 13.0 Å². The van der Waals surface area contributed by atoms with Crippen LogP contribution in [0.25, 0.3) is 0 Å². The van der Waals surface area contributed by atoms with E-state index in [-0.39, 0.29) is 5.54 Å². The molecule has 0 aliphatic carbocycles. The Balaban J connectivity index is 2.13. The summed E-state index contributed by atoms with van der Waals surface area (Å²) in [6.45, 7) is 15.4. The van der Waals surface area contributed by atoms with Crippen molar-refractivity contribution in [3.63, 3.8) is 0 Å². The van der Waals surface area contributed by atoms with Crippen molar-refractivity contribution in [1.29, 1.82) is 0 Å². The van der Waals surface area contributed by atoms with Crippen LogP contribution in [0.1, 0.15) is 41.0 Å². The van der Waals surface area contributed by atoms with Gasteiger partial charge in [-0.25, -0.2) is 0 Å². The predicted octanol–water partition coefficient (Wildman–Crippen LogP) is 1.87. The fourth-order valence-corrected chi connectivity index (χ4v) is 2.23. The van der Waals surface area contributed by atoms with Crippen LogP contribution in [-0.2, 0) is 4.74 Å². The van der Waals surface area contributed by atoms with Crippen molar-refractivity contribution in [2.75, 3.05) is 26.2 Å². The van der Waals surface area contributed by atoms with E-state index in [0.717, 1.165) is 19.6 Å². The maximum Gasteiger partial charge on any atom is 0.0678 e. The van der Waals surface area contributed by atoms with Crippen molar-refractivity contribution in [3.05, 3.63) is 0 Å². The number of ether oxygens (including phenoxy) is 1. The zero-order valence-corrected chi connectivity index (χ0v) is 11.5. The average Bonchev–Trinajstić information content (AvgIpc) is 2.09. The minimum Gasteiger partial charge on any atom is -0.373 e. The monoisotopic (exact) mass is 228 g/mol. The molecule has 0 saturated carbocycles. The highest BCUT2D eigenvalue weighted by Gasteiger charge is 2.21. The number of nitrogens with one attached hydrogen (secondary N) is 1. The minimum absolute atomic E-state index is 0.242. The molecular weight excluding hydrogens is 200 g/mol. The quantitative estimate of drug-likeness (QED) is 0.744. The molecular formula is C13H28N2O. The Morgan fingerprint density at radius 2 is 1.75 bits per heavy atom. The Kier molecular flexibility index (Phi) is 5.22. The molecule has 0 aromatic heterocycles. The van der Waals surface area contributed by atoms with Crippen molar-refractivity contribution in [2.45, 2.75) is 58.8 Å². The molecule has 1 aliphatic rings. The molecule has 2 atom stereocenters. The smallest absolute Gasteiger partial charge is 0.0678 e. The zero-order valence-electron chi connectivity index (χ0n) is 11.5. The van der Waals surface area contributed by atoms with E-state index in [2.05, 4.69) is 44.8 Å². The molecule has 0 aromatic carbocycles. The van der Waals surface area contributed by atoms with Crippen LogP contribution in [0.2, 0.25) is 0 Å². The highest BCUT2D eigenvalue weighted by molar-refractivity contribution is 4.74.